The van der Waals surface area contributed by atoms with Crippen molar-refractivity contribution in [2.24, 2.45) is 0 Å². The summed E-state index contributed by atoms with van der Waals surface area (Å²) in [6.45, 7) is 3.79. The van der Waals surface area contributed by atoms with E-state index in [1.165, 1.54) is 6.07 Å². The molecule has 4 heteroatoms. The van der Waals surface area contributed by atoms with Gasteiger partial charge in [0.2, 0.25) is 5.60 Å². The number of phenols is 1. The zero-order valence-electron chi connectivity index (χ0n) is 9.32. The highest BCUT2D eigenvalue weighted by Gasteiger charge is 2.43. The van der Waals surface area contributed by atoms with Crippen molar-refractivity contribution in [2.45, 2.75) is 25.9 Å². The van der Waals surface area contributed by atoms with Crippen LogP contribution >= 0.6 is 0 Å². The van der Waals surface area contributed by atoms with E-state index in [0.717, 1.165) is 5.56 Å². The molecular weight excluding hydrogens is 208 g/mol. The van der Waals surface area contributed by atoms with Crippen molar-refractivity contribution < 1.29 is 19.4 Å². The van der Waals surface area contributed by atoms with E-state index in [1.807, 2.05) is 0 Å². The van der Waals surface area contributed by atoms with Crippen LogP contribution in [0.25, 0.3) is 0 Å². The van der Waals surface area contributed by atoms with Gasteiger partial charge in [-0.25, -0.2) is 4.79 Å². The maximum absolute atomic E-state index is 11.7. The quantitative estimate of drug-likeness (QED) is 0.773. The predicted octanol–water partition coefficient (Wildman–Crippen LogP) is 1.65. The van der Waals surface area contributed by atoms with Crippen LogP contribution in [-0.4, -0.2) is 23.3 Å². The average molecular weight is 222 g/mol. The molecule has 0 spiro atoms. The molecule has 4 nitrogen and oxygen atoms in total. The highest BCUT2D eigenvalue weighted by Crippen LogP contribution is 2.37. The van der Waals surface area contributed by atoms with Gasteiger partial charge in [-0.05, 0) is 32.0 Å². The first-order chi connectivity index (χ1) is 7.55. The van der Waals surface area contributed by atoms with Gasteiger partial charge in [-0.1, -0.05) is 0 Å². The van der Waals surface area contributed by atoms with Crippen LogP contribution in [-0.2, 0) is 16.0 Å². The molecule has 0 aliphatic carbocycles. The summed E-state index contributed by atoms with van der Waals surface area (Å²) in [5.74, 6) is 0.439. The maximum Gasteiger partial charge on any atom is 0.350 e. The van der Waals surface area contributed by atoms with Gasteiger partial charge in [0.15, 0.2) is 0 Å². The molecule has 1 N–H and O–H groups in total. The number of fused-ring (bicyclic) bond motifs is 1. The summed E-state index contributed by atoms with van der Waals surface area (Å²) in [5, 5.41) is 9.34. The molecule has 1 atom stereocenters. The Bertz CT molecular complexity index is 427. The lowest BCUT2D eigenvalue weighted by Crippen LogP contribution is -2.41. The van der Waals surface area contributed by atoms with Gasteiger partial charge in [-0.15, -0.1) is 0 Å². The summed E-state index contributed by atoms with van der Waals surface area (Å²) in [4.78, 5) is 11.7. The third-order valence-corrected chi connectivity index (χ3v) is 2.61. The second-order valence-corrected chi connectivity index (χ2v) is 4.02. The summed E-state index contributed by atoms with van der Waals surface area (Å²) in [7, 11) is 0. The van der Waals surface area contributed by atoms with Gasteiger partial charge in [0.1, 0.15) is 11.5 Å². The van der Waals surface area contributed by atoms with Crippen LogP contribution in [0.1, 0.15) is 19.4 Å². The minimum atomic E-state index is -0.966. The SMILES string of the molecule is CCOC(=O)[C@]1(C)Cc2cc(O)ccc2O1. The molecule has 0 saturated heterocycles. The lowest BCUT2D eigenvalue weighted by molar-refractivity contribution is -0.158. The summed E-state index contributed by atoms with van der Waals surface area (Å²) in [5.41, 5.74) is -0.137. The number of rotatable bonds is 2. The number of hydrogen-bond acceptors (Lipinski definition) is 4. The van der Waals surface area contributed by atoms with Crippen molar-refractivity contribution in [1.29, 1.82) is 0 Å². The van der Waals surface area contributed by atoms with Crippen LogP contribution in [0.15, 0.2) is 18.2 Å². The number of ether oxygens (including phenoxy) is 2. The van der Waals surface area contributed by atoms with Gasteiger partial charge in [0.05, 0.1) is 6.61 Å². The van der Waals surface area contributed by atoms with E-state index >= 15 is 0 Å². The zero-order valence-corrected chi connectivity index (χ0v) is 9.32. The Labute approximate surface area is 93.8 Å². The average Bonchev–Trinajstić information content (AvgIpc) is 2.55. The lowest BCUT2D eigenvalue weighted by atomic mass is 9.99. The summed E-state index contributed by atoms with van der Waals surface area (Å²) < 4.78 is 10.5. The molecule has 86 valence electrons. The molecule has 1 aliphatic rings. The van der Waals surface area contributed by atoms with Gasteiger partial charge in [-0.2, -0.15) is 0 Å². The first-order valence-electron chi connectivity index (χ1n) is 5.23. The van der Waals surface area contributed by atoms with Crippen LogP contribution < -0.4 is 4.74 Å². The molecule has 0 saturated carbocycles. The third-order valence-electron chi connectivity index (χ3n) is 2.61. The second kappa shape index (κ2) is 3.70. The molecule has 1 aromatic rings. The third kappa shape index (κ3) is 1.71. The van der Waals surface area contributed by atoms with E-state index in [-0.39, 0.29) is 11.7 Å². The molecule has 1 heterocycles. The second-order valence-electron chi connectivity index (χ2n) is 4.02. The molecular formula is C12H14O4. The van der Waals surface area contributed by atoms with Crippen LogP contribution in [0.5, 0.6) is 11.5 Å². The molecule has 0 radical (unpaired) electrons. The monoisotopic (exact) mass is 222 g/mol. The van der Waals surface area contributed by atoms with E-state index in [4.69, 9.17) is 9.47 Å². The normalized spacial score (nSPS) is 22.4. The Morgan fingerprint density at radius 1 is 1.62 bits per heavy atom. The number of benzene rings is 1. The summed E-state index contributed by atoms with van der Waals surface area (Å²) in [6, 6.07) is 4.81. The fourth-order valence-corrected chi connectivity index (χ4v) is 1.84. The highest BCUT2D eigenvalue weighted by atomic mass is 16.6. The van der Waals surface area contributed by atoms with Gasteiger partial charge < -0.3 is 14.6 Å². The highest BCUT2D eigenvalue weighted by molar-refractivity contribution is 5.81. The Balaban J connectivity index is 2.24. The molecule has 2 rings (SSSR count). The minimum absolute atomic E-state index is 0.176. The zero-order chi connectivity index (χ0) is 11.8. The smallest absolute Gasteiger partial charge is 0.350 e. The maximum atomic E-state index is 11.7. The first kappa shape index (κ1) is 10.8. The Morgan fingerprint density at radius 3 is 3.06 bits per heavy atom. The van der Waals surface area contributed by atoms with Gasteiger partial charge in [-0.3, -0.25) is 0 Å². The Hall–Kier alpha value is -1.71. The number of carbonyl (C=O) groups excluding carboxylic acids is 1. The van der Waals surface area contributed by atoms with Crippen LogP contribution in [0.3, 0.4) is 0 Å². The largest absolute Gasteiger partial charge is 0.508 e. The molecule has 1 aliphatic heterocycles. The van der Waals surface area contributed by atoms with Crippen LogP contribution in [0.4, 0.5) is 0 Å². The first-order valence-corrected chi connectivity index (χ1v) is 5.23. The van der Waals surface area contributed by atoms with Crippen molar-refractivity contribution in [3.05, 3.63) is 23.8 Å². The molecule has 0 bridgehead atoms. The number of aromatic hydroxyl groups is 1. The molecule has 1 aromatic carbocycles. The fourth-order valence-electron chi connectivity index (χ4n) is 1.84. The molecule has 0 aromatic heterocycles. The molecule has 16 heavy (non-hydrogen) atoms. The van der Waals surface area contributed by atoms with Crippen molar-refractivity contribution >= 4 is 5.97 Å². The molecule has 0 unspecified atom stereocenters. The summed E-state index contributed by atoms with van der Waals surface area (Å²) >= 11 is 0. The predicted molar refractivity (Wildman–Crippen MR) is 57.5 cm³/mol. The van der Waals surface area contributed by atoms with Gasteiger partial charge >= 0.3 is 5.97 Å². The lowest BCUT2D eigenvalue weighted by Gasteiger charge is -2.21. The number of carbonyl (C=O) groups is 1. The molecule has 0 fully saturated rings. The van der Waals surface area contributed by atoms with E-state index in [0.29, 0.717) is 18.8 Å². The topological polar surface area (TPSA) is 55.8 Å². The van der Waals surface area contributed by atoms with Gasteiger partial charge in [0.25, 0.3) is 0 Å². The standard InChI is InChI=1S/C12H14O4/c1-3-15-11(14)12(2)7-8-6-9(13)4-5-10(8)16-12/h4-6,13H,3,7H2,1-2H3/t12-/m0/s1. The number of esters is 1. The van der Waals surface area contributed by atoms with Crippen molar-refractivity contribution in [2.75, 3.05) is 6.61 Å². The van der Waals surface area contributed by atoms with Gasteiger partial charge in [0, 0.05) is 12.0 Å². The van der Waals surface area contributed by atoms with Crippen molar-refractivity contribution in [3.63, 3.8) is 0 Å². The fraction of sp³-hybridized carbons (Fsp3) is 0.417. The van der Waals surface area contributed by atoms with Crippen LogP contribution in [0.2, 0.25) is 0 Å². The number of hydrogen-bond donors (Lipinski definition) is 1. The minimum Gasteiger partial charge on any atom is -0.508 e. The van der Waals surface area contributed by atoms with E-state index in [2.05, 4.69) is 0 Å². The van der Waals surface area contributed by atoms with E-state index < -0.39 is 5.60 Å². The van der Waals surface area contributed by atoms with Crippen molar-refractivity contribution in [1.82, 2.24) is 0 Å². The summed E-state index contributed by atoms with van der Waals surface area (Å²) in [6.07, 6.45) is 0.426. The Kier molecular flexibility index (Phi) is 2.50. The van der Waals surface area contributed by atoms with Crippen LogP contribution in [0, 0.1) is 0 Å². The van der Waals surface area contributed by atoms with E-state index in [1.54, 1.807) is 26.0 Å². The van der Waals surface area contributed by atoms with Crippen molar-refractivity contribution in [3.8, 4) is 11.5 Å². The number of phenolic OH excluding ortho intramolecular Hbond substituents is 1. The molecule has 0 amide bonds. The Morgan fingerprint density at radius 2 is 2.38 bits per heavy atom. The van der Waals surface area contributed by atoms with E-state index in [9.17, 15) is 9.90 Å².